The van der Waals surface area contributed by atoms with Gasteiger partial charge in [0.2, 0.25) is 0 Å². The van der Waals surface area contributed by atoms with Crippen LogP contribution in [0.3, 0.4) is 0 Å². The van der Waals surface area contributed by atoms with Gasteiger partial charge in [0.05, 0.1) is 6.54 Å². The highest BCUT2D eigenvalue weighted by molar-refractivity contribution is 14.0. The molecule has 0 aromatic rings. The lowest BCUT2D eigenvalue weighted by Crippen LogP contribution is -2.44. The van der Waals surface area contributed by atoms with Crippen LogP contribution in [0.5, 0.6) is 0 Å². The first-order valence-electron chi connectivity index (χ1n) is 6.12. The molecule has 0 amide bonds. The lowest BCUT2D eigenvalue weighted by atomic mass is 9.97. The number of hydrogen-bond acceptors (Lipinski definition) is 2. The number of halogens is 4. The molecule has 0 radical (unpaired) electrons. The molecule has 0 unspecified atom stereocenters. The van der Waals surface area contributed by atoms with Crippen molar-refractivity contribution >= 4 is 29.9 Å². The number of guanidine groups is 1. The van der Waals surface area contributed by atoms with Gasteiger partial charge in [-0.15, -0.1) is 24.0 Å². The molecular weight excluding hydrogens is 372 g/mol. The number of aliphatic imine (C=N–C) groups is 1. The van der Waals surface area contributed by atoms with Gasteiger partial charge in [0.25, 0.3) is 0 Å². The Morgan fingerprint density at radius 1 is 1.32 bits per heavy atom. The Balaban J connectivity index is 0.00000324. The molecule has 1 aliphatic heterocycles. The standard InChI is InChI=1S/C11H21F3N4.HI/c1-15-10(16-2)17-7-9-3-5-18(6-4-9)8-11(12,13)14;/h9H,3-8H2,1-2H3,(H2,15,16,17);1H. The van der Waals surface area contributed by atoms with E-state index in [0.717, 1.165) is 19.4 Å². The first-order chi connectivity index (χ1) is 8.44. The zero-order chi connectivity index (χ0) is 13.6. The summed E-state index contributed by atoms with van der Waals surface area (Å²) in [5.74, 6) is 1.13. The van der Waals surface area contributed by atoms with Crippen LogP contribution in [0.2, 0.25) is 0 Å². The summed E-state index contributed by atoms with van der Waals surface area (Å²) in [5.41, 5.74) is 0. The molecular formula is C11H22F3IN4. The third-order valence-corrected chi connectivity index (χ3v) is 3.13. The van der Waals surface area contributed by atoms with Crippen molar-refractivity contribution in [3.8, 4) is 0 Å². The van der Waals surface area contributed by atoms with Crippen molar-refractivity contribution in [3.63, 3.8) is 0 Å². The van der Waals surface area contributed by atoms with E-state index in [1.165, 1.54) is 4.90 Å². The van der Waals surface area contributed by atoms with E-state index in [1.54, 1.807) is 14.1 Å². The minimum absolute atomic E-state index is 0. The Kier molecular flexibility index (Phi) is 8.71. The van der Waals surface area contributed by atoms with Crippen molar-refractivity contribution < 1.29 is 13.2 Å². The molecule has 0 aromatic carbocycles. The molecule has 19 heavy (non-hydrogen) atoms. The molecule has 1 aliphatic rings. The Labute approximate surface area is 129 Å². The fourth-order valence-electron chi connectivity index (χ4n) is 2.12. The van der Waals surface area contributed by atoms with Gasteiger partial charge in [-0.05, 0) is 31.8 Å². The average molecular weight is 394 g/mol. The first kappa shape index (κ1) is 18.8. The molecule has 1 heterocycles. The summed E-state index contributed by atoms with van der Waals surface area (Å²) < 4.78 is 36.6. The van der Waals surface area contributed by atoms with Crippen molar-refractivity contribution in [1.82, 2.24) is 15.5 Å². The van der Waals surface area contributed by atoms with E-state index in [4.69, 9.17) is 0 Å². The van der Waals surface area contributed by atoms with Crippen molar-refractivity contribution in [2.45, 2.75) is 19.0 Å². The lowest BCUT2D eigenvalue weighted by Gasteiger charge is -2.32. The monoisotopic (exact) mass is 394 g/mol. The van der Waals surface area contributed by atoms with Crippen LogP contribution in [0.25, 0.3) is 0 Å². The lowest BCUT2D eigenvalue weighted by molar-refractivity contribution is -0.148. The van der Waals surface area contributed by atoms with Crippen molar-refractivity contribution in [2.24, 2.45) is 10.9 Å². The maximum atomic E-state index is 12.2. The van der Waals surface area contributed by atoms with E-state index in [-0.39, 0.29) is 24.0 Å². The zero-order valence-electron chi connectivity index (χ0n) is 11.3. The minimum atomic E-state index is -4.08. The summed E-state index contributed by atoms with van der Waals surface area (Å²) in [4.78, 5) is 5.47. The third kappa shape index (κ3) is 7.81. The van der Waals surface area contributed by atoms with Gasteiger partial charge in [0, 0.05) is 20.6 Å². The second-order valence-electron chi connectivity index (χ2n) is 4.54. The van der Waals surface area contributed by atoms with E-state index in [9.17, 15) is 13.2 Å². The molecule has 2 N–H and O–H groups in total. The van der Waals surface area contributed by atoms with Crippen LogP contribution in [-0.2, 0) is 0 Å². The average Bonchev–Trinajstić information content (AvgIpc) is 2.30. The summed E-state index contributed by atoms with van der Waals surface area (Å²) in [6, 6.07) is 0. The van der Waals surface area contributed by atoms with Crippen molar-refractivity contribution in [3.05, 3.63) is 0 Å². The molecule has 0 spiro atoms. The zero-order valence-corrected chi connectivity index (χ0v) is 13.6. The highest BCUT2D eigenvalue weighted by Crippen LogP contribution is 2.21. The van der Waals surface area contributed by atoms with Gasteiger partial charge in [-0.3, -0.25) is 9.89 Å². The second-order valence-corrected chi connectivity index (χ2v) is 4.54. The van der Waals surface area contributed by atoms with Crippen LogP contribution in [0.1, 0.15) is 12.8 Å². The van der Waals surface area contributed by atoms with Gasteiger partial charge in [-0.25, -0.2) is 0 Å². The van der Waals surface area contributed by atoms with Crippen LogP contribution < -0.4 is 10.6 Å². The van der Waals surface area contributed by atoms with Gasteiger partial charge in [-0.2, -0.15) is 13.2 Å². The molecule has 114 valence electrons. The van der Waals surface area contributed by atoms with E-state index in [1.807, 2.05) is 0 Å². The van der Waals surface area contributed by atoms with Crippen LogP contribution in [0.15, 0.2) is 4.99 Å². The number of nitrogens with zero attached hydrogens (tertiary/aromatic N) is 2. The van der Waals surface area contributed by atoms with E-state index in [0.29, 0.717) is 25.0 Å². The molecule has 1 saturated heterocycles. The number of alkyl halides is 3. The van der Waals surface area contributed by atoms with E-state index >= 15 is 0 Å². The molecule has 0 saturated carbocycles. The van der Waals surface area contributed by atoms with Gasteiger partial charge in [-0.1, -0.05) is 0 Å². The number of likely N-dealkylation sites (tertiary alicyclic amines) is 1. The predicted octanol–water partition coefficient (Wildman–Crippen LogP) is 1.67. The highest BCUT2D eigenvalue weighted by atomic mass is 127. The topological polar surface area (TPSA) is 39.7 Å². The van der Waals surface area contributed by atoms with Crippen LogP contribution >= 0.6 is 24.0 Å². The summed E-state index contributed by atoms with van der Waals surface area (Å²) in [6.45, 7) is 1.01. The smallest absolute Gasteiger partial charge is 0.359 e. The molecule has 8 heteroatoms. The first-order valence-corrected chi connectivity index (χ1v) is 6.12. The molecule has 1 rings (SSSR count). The summed E-state index contributed by atoms with van der Waals surface area (Å²) in [5, 5.41) is 6.06. The Morgan fingerprint density at radius 2 is 1.89 bits per heavy atom. The van der Waals surface area contributed by atoms with Crippen LogP contribution in [0.4, 0.5) is 13.2 Å². The molecule has 1 fully saturated rings. The third-order valence-electron chi connectivity index (χ3n) is 3.13. The van der Waals surface area contributed by atoms with Gasteiger partial charge in [0.1, 0.15) is 0 Å². The van der Waals surface area contributed by atoms with Gasteiger partial charge >= 0.3 is 6.18 Å². The number of nitrogens with one attached hydrogen (secondary N) is 2. The summed E-state index contributed by atoms with van der Waals surface area (Å²) >= 11 is 0. The fourth-order valence-corrected chi connectivity index (χ4v) is 2.12. The van der Waals surface area contributed by atoms with Crippen LogP contribution in [0, 0.1) is 5.92 Å². The Hall–Kier alpha value is -0.250. The Bertz CT molecular complexity index is 276. The van der Waals surface area contributed by atoms with Gasteiger partial charge in [0.15, 0.2) is 5.96 Å². The maximum absolute atomic E-state index is 12.2. The fraction of sp³-hybridized carbons (Fsp3) is 0.909. The quantitative estimate of drug-likeness (QED) is 0.435. The molecule has 0 aromatic heterocycles. The number of piperidine rings is 1. The normalized spacial score (nSPS) is 18.9. The minimum Gasteiger partial charge on any atom is -0.359 e. The maximum Gasteiger partial charge on any atom is 0.401 e. The van der Waals surface area contributed by atoms with E-state index < -0.39 is 12.7 Å². The van der Waals surface area contributed by atoms with Crippen LogP contribution in [-0.4, -0.2) is 57.3 Å². The van der Waals surface area contributed by atoms with Gasteiger partial charge < -0.3 is 10.6 Å². The largest absolute Gasteiger partial charge is 0.401 e. The molecule has 0 aliphatic carbocycles. The Morgan fingerprint density at radius 3 is 2.32 bits per heavy atom. The number of hydrogen-bond donors (Lipinski definition) is 2. The molecule has 0 atom stereocenters. The highest BCUT2D eigenvalue weighted by Gasteiger charge is 2.32. The molecule has 4 nitrogen and oxygen atoms in total. The summed E-state index contributed by atoms with van der Waals surface area (Å²) in [6.07, 6.45) is -2.49. The van der Waals surface area contributed by atoms with Crippen molar-refractivity contribution in [1.29, 1.82) is 0 Å². The summed E-state index contributed by atoms with van der Waals surface area (Å²) in [7, 11) is 3.46. The van der Waals surface area contributed by atoms with Crippen molar-refractivity contribution in [2.75, 3.05) is 40.3 Å². The molecule has 0 bridgehead atoms. The van der Waals surface area contributed by atoms with E-state index in [2.05, 4.69) is 15.6 Å². The SMILES string of the molecule is CN=C(NC)NCC1CCN(CC(F)(F)F)CC1.I. The number of rotatable bonds is 3. The predicted molar refractivity (Wildman–Crippen MR) is 81.1 cm³/mol. The second kappa shape index (κ2) is 8.83.